The zero-order valence-corrected chi connectivity index (χ0v) is 13.5. The molecule has 1 heterocycles. The molecule has 5 heteroatoms. The topological polar surface area (TPSA) is 49.3 Å². The Kier molecular flexibility index (Phi) is 6.29. The summed E-state index contributed by atoms with van der Waals surface area (Å²) in [6.07, 6.45) is 0.0144. The number of thioether (sulfide) groups is 1. The van der Waals surface area contributed by atoms with E-state index >= 15 is 0 Å². The summed E-state index contributed by atoms with van der Waals surface area (Å²) in [4.78, 5) is 14.1. The quantitative estimate of drug-likeness (QED) is 0.764. The SMILES string of the molecule is CCSc1ccccc1C(=O)NCCC(O)c1cccs1. The normalized spacial score (nSPS) is 12.1. The van der Waals surface area contributed by atoms with Crippen LogP contribution in [0.2, 0.25) is 0 Å². The minimum atomic E-state index is -0.509. The van der Waals surface area contributed by atoms with E-state index in [-0.39, 0.29) is 5.91 Å². The predicted molar refractivity (Wildman–Crippen MR) is 89.1 cm³/mol. The number of amides is 1. The third-order valence-corrected chi connectivity index (χ3v) is 4.94. The van der Waals surface area contributed by atoms with E-state index < -0.39 is 6.10 Å². The molecule has 0 spiro atoms. The van der Waals surface area contributed by atoms with Crippen molar-refractivity contribution in [2.45, 2.75) is 24.3 Å². The maximum atomic E-state index is 12.2. The van der Waals surface area contributed by atoms with Gasteiger partial charge in [0, 0.05) is 16.3 Å². The Morgan fingerprint density at radius 3 is 2.86 bits per heavy atom. The van der Waals surface area contributed by atoms with Gasteiger partial charge in [-0.05, 0) is 35.8 Å². The molecule has 3 nitrogen and oxygen atoms in total. The average molecular weight is 321 g/mol. The first-order valence-electron chi connectivity index (χ1n) is 6.94. The van der Waals surface area contributed by atoms with Gasteiger partial charge in [0.05, 0.1) is 11.7 Å². The number of benzene rings is 1. The fraction of sp³-hybridized carbons (Fsp3) is 0.312. The van der Waals surface area contributed by atoms with Crippen LogP contribution in [0, 0.1) is 0 Å². The van der Waals surface area contributed by atoms with Crippen LogP contribution >= 0.6 is 23.1 Å². The summed E-state index contributed by atoms with van der Waals surface area (Å²) < 4.78 is 0. The first-order valence-corrected chi connectivity index (χ1v) is 8.80. The van der Waals surface area contributed by atoms with Crippen LogP contribution in [-0.2, 0) is 0 Å². The van der Waals surface area contributed by atoms with E-state index in [0.717, 1.165) is 15.5 Å². The highest BCUT2D eigenvalue weighted by Crippen LogP contribution is 2.23. The van der Waals surface area contributed by atoms with Gasteiger partial charge >= 0.3 is 0 Å². The second kappa shape index (κ2) is 8.22. The molecule has 1 atom stereocenters. The summed E-state index contributed by atoms with van der Waals surface area (Å²) in [6.45, 7) is 2.53. The molecule has 0 fully saturated rings. The van der Waals surface area contributed by atoms with E-state index in [9.17, 15) is 9.90 Å². The van der Waals surface area contributed by atoms with Crippen molar-refractivity contribution in [2.24, 2.45) is 0 Å². The third-order valence-electron chi connectivity index (χ3n) is 3.01. The molecule has 2 N–H and O–H groups in total. The van der Waals surface area contributed by atoms with E-state index in [4.69, 9.17) is 0 Å². The first kappa shape index (κ1) is 16.1. The number of rotatable bonds is 7. The van der Waals surface area contributed by atoms with Crippen molar-refractivity contribution in [3.63, 3.8) is 0 Å². The van der Waals surface area contributed by atoms with Gasteiger partial charge in [-0.25, -0.2) is 0 Å². The molecule has 21 heavy (non-hydrogen) atoms. The molecule has 0 saturated carbocycles. The van der Waals surface area contributed by atoms with Crippen molar-refractivity contribution in [3.8, 4) is 0 Å². The van der Waals surface area contributed by atoms with Crippen LogP contribution in [0.5, 0.6) is 0 Å². The van der Waals surface area contributed by atoms with E-state index in [0.29, 0.717) is 18.5 Å². The second-order valence-electron chi connectivity index (χ2n) is 4.50. The average Bonchev–Trinajstić information content (AvgIpc) is 3.02. The number of thiophene rings is 1. The molecule has 0 bridgehead atoms. The van der Waals surface area contributed by atoms with Crippen LogP contribution in [0.3, 0.4) is 0 Å². The van der Waals surface area contributed by atoms with Gasteiger partial charge in [0.25, 0.3) is 5.91 Å². The van der Waals surface area contributed by atoms with E-state index in [1.165, 1.54) is 11.3 Å². The van der Waals surface area contributed by atoms with Gasteiger partial charge in [0.2, 0.25) is 0 Å². The number of hydrogen-bond donors (Lipinski definition) is 2. The lowest BCUT2D eigenvalue weighted by molar-refractivity contribution is 0.0940. The maximum Gasteiger partial charge on any atom is 0.252 e. The molecule has 2 rings (SSSR count). The highest BCUT2D eigenvalue weighted by Gasteiger charge is 2.12. The summed E-state index contributed by atoms with van der Waals surface area (Å²) in [6, 6.07) is 11.4. The molecule has 0 saturated heterocycles. The van der Waals surface area contributed by atoms with Crippen molar-refractivity contribution in [2.75, 3.05) is 12.3 Å². The fourth-order valence-corrected chi connectivity index (χ4v) is 3.52. The standard InChI is InChI=1S/C16H19NO2S2/c1-2-20-14-7-4-3-6-12(14)16(19)17-10-9-13(18)15-8-5-11-21-15/h3-8,11,13,18H,2,9-10H2,1H3,(H,17,19). The molecule has 0 radical (unpaired) electrons. The van der Waals surface area contributed by atoms with Gasteiger partial charge in [0.15, 0.2) is 0 Å². The minimum absolute atomic E-state index is 0.0788. The van der Waals surface area contributed by atoms with E-state index in [2.05, 4.69) is 12.2 Å². The number of aliphatic hydroxyl groups is 1. The Morgan fingerprint density at radius 1 is 1.33 bits per heavy atom. The third kappa shape index (κ3) is 4.59. The number of carbonyl (C=O) groups is 1. The van der Waals surface area contributed by atoms with Crippen LogP contribution < -0.4 is 5.32 Å². The monoisotopic (exact) mass is 321 g/mol. The first-order chi connectivity index (χ1) is 10.2. The number of aliphatic hydroxyl groups excluding tert-OH is 1. The molecule has 1 unspecified atom stereocenters. The van der Waals surface area contributed by atoms with E-state index in [1.807, 2.05) is 41.8 Å². The van der Waals surface area contributed by atoms with Gasteiger partial charge in [-0.2, -0.15) is 0 Å². The Hall–Kier alpha value is -1.30. The summed E-state index contributed by atoms with van der Waals surface area (Å²) in [5.41, 5.74) is 0.704. The Labute approximate surface area is 133 Å². The summed E-state index contributed by atoms with van der Waals surface area (Å²) in [7, 11) is 0. The van der Waals surface area contributed by atoms with Crippen molar-refractivity contribution in [1.29, 1.82) is 0 Å². The largest absolute Gasteiger partial charge is 0.388 e. The van der Waals surface area contributed by atoms with Crippen LogP contribution in [0.25, 0.3) is 0 Å². The van der Waals surface area contributed by atoms with Gasteiger partial charge < -0.3 is 10.4 Å². The van der Waals surface area contributed by atoms with Gasteiger partial charge in [0.1, 0.15) is 0 Å². The molecular formula is C16H19NO2S2. The predicted octanol–water partition coefficient (Wildman–Crippen LogP) is 3.71. The van der Waals surface area contributed by atoms with Crippen molar-refractivity contribution in [1.82, 2.24) is 5.32 Å². The Balaban J connectivity index is 1.87. The maximum absolute atomic E-state index is 12.2. The molecule has 2 aromatic rings. The van der Waals surface area contributed by atoms with Crippen molar-refractivity contribution < 1.29 is 9.90 Å². The molecule has 0 aliphatic heterocycles. The molecule has 0 aliphatic rings. The van der Waals surface area contributed by atoms with Crippen LogP contribution in [0.1, 0.15) is 34.7 Å². The Morgan fingerprint density at radius 2 is 2.14 bits per heavy atom. The molecule has 112 valence electrons. The van der Waals surface area contributed by atoms with Crippen LogP contribution in [0.15, 0.2) is 46.7 Å². The number of hydrogen-bond acceptors (Lipinski definition) is 4. The highest BCUT2D eigenvalue weighted by molar-refractivity contribution is 7.99. The van der Waals surface area contributed by atoms with Crippen molar-refractivity contribution in [3.05, 3.63) is 52.2 Å². The smallest absolute Gasteiger partial charge is 0.252 e. The van der Waals surface area contributed by atoms with Crippen LogP contribution in [0.4, 0.5) is 0 Å². The summed E-state index contributed by atoms with van der Waals surface area (Å²) >= 11 is 3.19. The minimum Gasteiger partial charge on any atom is -0.388 e. The lowest BCUT2D eigenvalue weighted by Crippen LogP contribution is -2.26. The summed E-state index contributed by atoms with van der Waals surface area (Å²) in [5.74, 6) is 0.853. The second-order valence-corrected chi connectivity index (χ2v) is 6.79. The molecule has 1 aromatic heterocycles. The molecule has 1 aromatic carbocycles. The van der Waals surface area contributed by atoms with E-state index in [1.54, 1.807) is 11.8 Å². The summed E-state index contributed by atoms with van der Waals surface area (Å²) in [5, 5.41) is 14.8. The zero-order chi connectivity index (χ0) is 15.1. The Bertz CT molecular complexity index is 569. The lowest BCUT2D eigenvalue weighted by atomic mass is 10.2. The van der Waals surface area contributed by atoms with Gasteiger partial charge in [-0.1, -0.05) is 25.1 Å². The fourth-order valence-electron chi connectivity index (χ4n) is 1.98. The number of carbonyl (C=O) groups excluding carboxylic acids is 1. The van der Waals surface area contributed by atoms with Crippen molar-refractivity contribution >= 4 is 29.0 Å². The molecular weight excluding hydrogens is 302 g/mol. The van der Waals surface area contributed by atoms with Gasteiger partial charge in [-0.15, -0.1) is 23.1 Å². The molecule has 0 aliphatic carbocycles. The highest BCUT2D eigenvalue weighted by atomic mass is 32.2. The number of nitrogens with one attached hydrogen (secondary N) is 1. The zero-order valence-electron chi connectivity index (χ0n) is 11.9. The van der Waals surface area contributed by atoms with Crippen LogP contribution in [-0.4, -0.2) is 23.3 Å². The van der Waals surface area contributed by atoms with Gasteiger partial charge in [-0.3, -0.25) is 4.79 Å². The molecule has 1 amide bonds. The lowest BCUT2D eigenvalue weighted by Gasteiger charge is -2.11.